The molecule has 0 radical (unpaired) electrons. The number of allylic oxidation sites excluding steroid dienone is 2. The van der Waals surface area contributed by atoms with Gasteiger partial charge in [0.05, 0.1) is 30.3 Å². The third kappa shape index (κ3) is 9.37. The number of aliphatic hydroxyl groups excluding tert-OH is 6. The molecule has 12 nitrogen and oxygen atoms in total. The molecule has 0 aromatic carbocycles. The summed E-state index contributed by atoms with van der Waals surface area (Å²) in [5, 5.41) is 76.7. The van der Waals surface area contributed by atoms with Crippen LogP contribution in [0.4, 0.5) is 0 Å². The summed E-state index contributed by atoms with van der Waals surface area (Å²) in [7, 11) is 0. The van der Waals surface area contributed by atoms with Crippen LogP contribution in [0.25, 0.3) is 0 Å². The quantitative estimate of drug-likeness (QED) is 0.135. The monoisotopic (exact) mass is 762 g/mol. The van der Waals surface area contributed by atoms with Crippen LogP contribution in [0.3, 0.4) is 0 Å². The van der Waals surface area contributed by atoms with Gasteiger partial charge in [0.1, 0.15) is 48.0 Å². The first-order valence-electron chi connectivity index (χ1n) is 19.4. The molecule has 0 aromatic rings. The van der Waals surface area contributed by atoms with E-state index < -0.39 is 90.6 Å². The molecule has 12 heteroatoms. The van der Waals surface area contributed by atoms with Gasteiger partial charge in [0.15, 0.2) is 12.6 Å². The maximum Gasteiger partial charge on any atom is 0.187 e. The van der Waals surface area contributed by atoms with Crippen molar-refractivity contribution >= 4 is 5.78 Å². The van der Waals surface area contributed by atoms with Crippen LogP contribution in [0.1, 0.15) is 101 Å². The largest absolute Gasteiger partial charge is 0.388 e. The van der Waals surface area contributed by atoms with Crippen molar-refractivity contribution in [3.05, 3.63) is 58.7 Å². The number of hydrogen-bond acceptors (Lipinski definition) is 12. The third-order valence-electron chi connectivity index (χ3n) is 12.2. The van der Waals surface area contributed by atoms with E-state index in [1.807, 2.05) is 59.8 Å². The summed E-state index contributed by atoms with van der Waals surface area (Å²) in [5.41, 5.74) is 1.72. The van der Waals surface area contributed by atoms with Crippen molar-refractivity contribution in [2.45, 2.75) is 180 Å². The summed E-state index contributed by atoms with van der Waals surface area (Å²) in [4.78, 5) is 14.3. The van der Waals surface area contributed by atoms with Crippen molar-refractivity contribution in [3.8, 4) is 0 Å². The average molecular weight is 763 g/mol. The molecule has 4 rings (SSSR count). The first-order chi connectivity index (χ1) is 25.1. The molecule has 4 fully saturated rings. The van der Waals surface area contributed by atoms with Crippen molar-refractivity contribution < 1.29 is 59.5 Å². The van der Waals surface area contributed by atoms with Gasteiger partial charge in [-0.2, -0.15) is 0 Å². The third-order valence-corrected chi connectivity index (χ3v) is 12.2. The lowest BCUT2D eigenvalue weighted by Gasteiger charge is -2.49. The van der Waals surface area contributed by atoms with E-state index in [1.165, 1.54) is 6.92 Å². The van der Waals surface area contributed by atoms with Gasteiger partial charge in [-0.1, -0.05) is 55.4 Å². The summed E-state index contributed by atoms with van der Waals surface area (Å²) in [6, 6.07) is 0. The molecular weight excluding hydrogens is 696 g/mol. The SMILES string of the molecule is C=C1[C@@H]2CCC[C@]2(C)C(=O)[C@H](/C=C(\C)C(O)CC=C(C)C)[C@@]1(O)C/C=C(\C)C(CC=C(C)C)OC1OC(C)C(OC2OC(C)C(O)C(O)C2O)C(O)C1O. The van der Waals surface area contributed by atoms with Gasteiger partial charge in [-0.15, -0.1) is 0 Å². The highest BCUT2D eigenvalue weighted by Gasteiger charge is 2.60. The van der Waals surface area contributed by atoms with Crippen LogP contribution in [0.15, 0.2) is 58.7 Å². The highest BCUT2D eigenvalue weighted by atomic mass is 16.7. The molecule has 2 saturated heterocycles. The average Bonchev–Trinajstić information content (AvgIpc) is 3.52. The Morgan fingerprint density at radius 1 is 0.852 bits per heavy atom. The van der Waals surface area contributed by atoms with Gasteiger partial charge in [0.2, 0.25) is 0 Å². The number of rotatable bonds is 13. The topological polar surface area (TPSA) is 196 Å². The Bertz CT molecular complexity index is 1460. The summed E-state index contributed by atoms with van der Waals surface area (Å²) in [6.07, 6.45) is -4.10. The zero-order valence-electron chi connectivity index (χ0n) is 33.5. The minimum Gasteiger partial charge on any atom is -0.388 e. The highest BCUT2D eigenvalue weighted by Crippen LogP contribution is 2.58. The lowest BCUT2D eigenvalue weighted by Crippen LogP contribution is -2.63. The van der Waals surface area contributed by atoms with Gasteiger partial charge in [-0.05, 0) is 110 Å². The maximum absolute atomic E-state index is 14.3. The number of hydrogen-bond donors (Lipinski definition) is 7. The number of ether oxygens (including phenoxy) is 4. The van der Waals surface area contributed by atoms with Crippen molar-refractivity contribution in [1.82, 2.24) is 0 Å². The molecular formula is C42H66O12. The Kier molecular flexibility index (Phi) is 14.9. The van der Waals surface area contributed by atoms with Gasteiger partial charge >= 0.3 is 0 Å². The maximum atomic E-state index is 14.3. The van der Waals surface area contributed by atoms with E-state index >= 15 is 0 Å². The summed E-state index contributed by atoms with van der Waals surface area (Å²) in [6.45, 7) is 20.9. The molecule has 0 bridgehead atoms. The van der Waals surface area contributed by atoms with Gasteiger partial charge in [-0.3, -0.25) is 4.79 Å². The van der Waals surface area contributed by atoms with Gasteiger partial charge in [0, 0.05) is 5.41 Å². The first kappa shape index (κ1) is 44.6. The molecule has 0 spiro atoms. The van der Waals surface area contributed by atoms with E-state index in [1.54, 1.807) is 19.9 Å². The smallest absolute Gasteiger partial charge is 0.187 e. The number of Topliss-reactive ketones (excluding diaryl/α,β-unsaturated/α-hetero) is 1. The molecule has 306 valence electrons. The van der Waals surface area contributed by atoms with Crippen LogP contribution < -0.4 is 0 Å². The van der Waals surface area contributed by atoms with Crippen molar-refractivity contribution in [3.63, 3.8) is 0 Å². The molecule has 54 heavy (non-hydrogen) atoms. The second-order valence-electron chi connectivity index (χ2n) is 16.9. The van der Waals surface area contributed by atoms with Crippen LogP contribution in [-0.2, 0) is 23.7 Å². The lowest BCUT2D eigenvalue weighted by atomic mass is 9.55. The second kappa shape index (κ2) is 18.0. The Balaban J connectivity index is 1.58. The number of carbonyl (C=O) groups excluding carboxylic acids is 1. The van der Waals surface area contributed by atoms with Crippen molar-refractivity contribution in [1.29, 1.82) is 0 Å². The molecule has 2 saturated carbocycles. The van der Waals surface area contributed by atoms with Crippen LogP contribution >= 0.6 is 0 Å². The number of carbonyl (C=O) groups is 1. The summed E-state index contributed by atoms with van der Waals surface area (Å²) in [5.74, 6) is -1.16. The van der Waals surface area contributed by atoms with E-state index in [2.05, 4.69) is 6.58 Å². The van der Waals surface area contributed by atoms with Crippen LogP contribution in [0.2, 0.25) is 0 Å². The molecule has 2 heterocycles. The summed E-state index contributed by atoms with van der Waals surface area (Å²) >= 11 is 0. The van der Waals surface area contributed by atoms with Gasteiger partial charge in [-0.25, -0.2) is 0 Å². The molecule has 12 unspecified atom stereocenters. The van der Waals surface area contributed by atoms with Gasteiger partial charge in [0.25, 0.3) is 0 Å². The highest BCUT2D eigenvalue weighted by molar-refractivity contribution is 5.92. The Hall–Kier alpha value is -2.07. The van der Waals surface area contributed by atoms with E-state index in [0.717, 1.165) is 24.0 Å². The predicted molar refractivity (Wildman–Crippen MR) is 203 cm³/mol. The Morgan fingerprint density at radius 2 is 1.44 bits per heavy atom. The minimum atomic E-state index is -1.63. The van der Waals surface area contributed by atoms with Crippen molar-refractivity contribution in [2.75, 3.05) is 0 Å². The Labute approximate surface area is 320 Å². The number of aliphatic hydroxyl groups is 7. The fourth-order valence-electron chi connectivity index (χ4n) is 8.36. The van der Waals surface area contributed by atoms with Crippen LogP contribution in [0, 0.1) is 17.3 Å². The molecule has 0 aromatic heterocycles. The molecule has 7 N–H and O–H groups in total. The Morgan fingerprint density at radius 3 is 2.07 bits per heavy atom. The number of fused-ring (bicyclic) bond motifs is 1. The van der Waals surface area contributed by atoms with E-state index in [0.29, 0.717) is 36.0 Å². The fourth-order valence-corrected chi connectivity index (χ4v) is 8.36. The first-order valence-corrected chi connectivity index (χ1v) is 19.4. The van der Waals surface area contributed by atoms with E-state index in [-0.39, 0.29) is 18.1 Å². The zero-order chi connectivity index (χ0) is 40.4. The summed E-state index contributed by atoms with van der Waals surface area (Å²) < 4.78 is 23.8. The molecule has 0 amide bonds. The lowest BCUT2D eigenvalue weighted by molar-refractivity contribution is -0.354. The normalized spacial score (nSPS) is 41.6. The standard InChI is InChI=1S/C42H66O12/c1-21(2)13-15-30(43)24(6)20-29-38(49)41(10)18-11-12-28(41)25(7)42(29,50)19-17-23(5)31(16-14-22(3)4)53-39-36(48)34(46)37(27(9)52-39)54-40-35(47)33(45)32(44)26(8)51-40/h13-14,17,20,26-37,39-40,43-48,50H,7,11-12,15-16,18-19H2,1-6,8-10H3/b23-17+,24-20+/t26?,27?,28-,29-,30?,31?,32?,33?,34?,35?,36?,37?,39?,40?,41-,42+/m0/s1. The van der Waals surface area contributed by atoms with Crippen molar-refractivity contribution in [2.24, 2.45) is 17.3 Å². The van der Waals surface area contributed by atoms with E-state index in [4.69, 9.17) is 18.9 Å². The van der Waals surface area contributed by atoms with Crippen LogP contribution in [-0.4, -0.2) is 121 Å². The molecule has 16 atom stereocenters. The minimum absolute atomic E-state index is 0.0505. The second-order valence-corrected chi connectivity index (χ2v) is 16.9. The fraction of sp³-hybridized carbons (Fsp3) is 0.738. The molecule has 2 aliphatic heterocycles. The van der Waals surface area contributed by atoms with Gasteiger partial charge < -0.3 is 54.7 Å². The van der Waals surface area contributed by atoms with Crippen LogP contribution in [0.5, 0.6) is 0 Å². The van der Waals surface area contributed by atoms with E-state index in [9.17, 15) is 40.5 Å². The molecule has 4 aliphatic rings. The number of ketones is 1. The zero-order valence-corrected chi connectivity index (χ0v) is 33.5. The predicted octanol–water partition coefficient (Wildman–Crippen LogP) is 3.70. The molecule has 2 aliphatic carbocycles.